The van der Waals surface area contributed by atoms with Gasteiger partial charge in [-0.15, -0.1) is 0 Å². The molecule has 0 spiro atoms. The van der Waals surface area contributed by atoms with Crippen molar-refractivity contribution in [3.05, 3.63) is 29.6 Å². The average Bonchev–Trinajstić information content (AvgIpc) is 2.49. The third kappa shape index (κ3) is 7.01. The fourth-order valence-electron chi connectivity index (χ4n) is 2.13. The van der Waals surface area contributed by atoms with Crippen LogP contribution >= 0.6 is 0 Å². The summed E-state index contributed by atoms with van der Waals surface area (Å²) in [6.07, 6.45) is 7.34. The Labute approximate surface area is 124 Å². The lowest BCUT2D eigenvalue weighted by atomic mass is 10.1. The molecular weight excluding hydrogens is 248 g/mol. The number of hydrogen-bond acceptors (Lipinski definition) is 3. The Balaban J connectivity index is 2.44. The van der Waals surface area contributed by atoms with Crippen molar-refractivity contribution in [2.24, 2.45) is 0 Å². The summed E-state index contributed by atoms with van der Waals surface area (Å²) < 4.78 is 5.61. The SMILES string of the molecule is CCCNC(CCOCCC)Cc1ccc(CC)cn1. The van der Waals surface area contributed by atoms with Crippen molar-refractivity contribution in [2.45, 2.75) is 58.9 Å². The molecule has 1 rings (SSSR count). The maximum absolute atomic E-state index is 5.61. The molecule has 114 valence electrons. The van der Waals surface area contributed by atoms with Crippen LogP contribution in [-0.2, 0) is 17.6 Å². The Kier molecular flexibility index (Phi) is 9.25. The van der Waals surface area contributed by atoms with Gasteiger partial charge in [-0.05, 0) is 43.9 Å². The van der Waals surface area contributed by atoms with Crippen molar-refractivity contribution >= 4 is 0 Å². The van der Waals surface area contributed by atoms with Crippen LogP contribution in [0.2, 0.25) is 0 Å². The normalized spacial score (nSPS) is 12.6. The van der Waals surface area contributed by atoms with Crippen molar-refractivity contribution in [3.8, 4) is 0 Å². The molecule has 0 radical (unpaired) electrons. The van der Waals surface area contributed by atoms with E-state index in [1.807, 2.05) is 6.20 Å². The number of ether oxygens (including phenoxy) is 1. The lowest BCUT2D eigenvalue weighted by Crippen LogP contribution is -2.33. The molecule has 0 aliphatic heterocycles. The van der Waals surface area contributed by atoms with Crippen LogP contribution in [0.5, 0.6) is 0 Å². The number of hydrogen-bond donors (Lipinski definition) is 1. The molecule has 1 heterocycles. The maximum atomic E-state index is 5.61. The second-order valence-corrected chi connectivity index (χ2v) is 5.27. The summed E-state index contributed by atoms with van der Waals surface area (Å²) in [7, 11) is 0. The molecule has 1 N–H and O–H groups in total. The van der Waals surface area contributed by atoms with Gasteiger partial charge in [0, 0.05) is 37.6 Å². The summed E-state index contributed by atoms with van der Waals surface area (Å²) in [5.41, 5.74) is 2.48. The Bertz CT molecular complexity index is 337. The molecule has 1 unspecified atom stereocenters. The van der Waals surface area contributed by atoms with Crippen LogP contribution in [0.1, 0.15) is 51.3 Å². The zero-order chi connectivity index (χ0) is 14.6. The number of rotatable bonds is 11. The summed E-state index contributed by atoms with van der Waals surface area (Å²) in [5, 5.41) is 3.60. The number of pyridine rings is 1. The Morgan fingerprint density at radius 2 is 2.00 bits per heavy atom. The van der Waals surface area contributed by atoms with Gasteiger partial charge >= 0.3 is 0 Å². The number of aryl methyl sites for hydroxylation is 1. The third-order valence-electron chi connectivity index (χ3n) is 3.39. The second kappa shape index (κ2) is 10.8. The van der Waals surface area contributed by atoms with E-state index in [0.717, 1.165) is 51.9 Å². The molecule has 0 saturated carbocycles. The minimum Gasteiger partial charge on any atom is -0.381 e. The molecule has 0 aliphatic carbocycles. The molecule has 0 amide bonds. The highest BCUT2D eigenvalue weighted by molar-refractivity contribution is 5.14. The third-order valence-corrected chi connectivity index (χ3v) is 3.39. The van der Waals surface area contributed by atoms with Gasteiger partial charge in [0.2, 0.25) is 0 Å². The zero-order valence-corrected chi connectivity index (χ0v) is 13.3. The summed E-state index contributed by atoms with van der Waals surface area (Å²) in [6, 6.07) is 4.81. The van der Waals surface area contributed by atoms with Crippen LogP contribution in [0.4, 0.5) is 0 Å². The predicted octanol–water partition coefficient (Wildman–Crippen LogP) is 3.37. The number of nitrogens with zero attached hydrogens (tertiary/aromatic N) is 1. The molecule has 0 fully saturated rings. The Hall–Kier alpha value is -0.930. The van der Waals surface area contributed by atoms with Crippen molar-refractivity contribution in [2.75, 3.05) is 19.8 Å². The summed E-state index contributed by atoms with van der Waals surface area (Å²) in [6.45, 7) is 9.27. The molecule has 20 heavy (non-hydrogen) atoms. The van der Waals surface area contributed by atoms with E-state index in [4.69, 9.17) is 4.74 Å². The Morgan fingerprint density at radius 3 is 2.60 bits per heavy atom. The largest absolute Gasteiger partial charge is 0.381 e. The molecule has 3 heteroatoms. The van der Waals surface area contributed by atoms with E-state index in [0.29, 0.717) is 6.04 Å². The summed E-state index contributed by atoms with van der Waals surface area (Å²) in [4.78, 5) is 4.56. The van der Waals surface area contributed by atoms with E-state index in [-0.39, 0.29) is 0 Å². The van der Waals surface area contributed by atoms with Gasteiger partial charge in [0.1, 0.15) is 0 Å². The van der Waals surface area contributed by atoms with Gasteiger partial charge in [-0.1, -0.05) is 26.8 Å². The van der Waals surface area contributed by atoms with E-state index in [9.17, 15) is 0 Å². The minimum absolute atomic E-state index is 0.465. The first-order chi connectivity index (χ1) is 9.80. The van der Waals surface area contributed by atoms with Crippen LogP contribution in [0, 0.1) is 0 Å². The quantitative estimate of drug-likeness (QED) is 0.630. The average molecular weight is 278 g/mol. The molecule has 1 aromatic heterocycles. The van der Waals surface area contributed by atoms with Crippen molar-refractivity contribution < 1.29 is 4.74 Å². The fourth-order valence-corrected chi connectivity index (χ4v) is 2.13. The standard InChI is InChI=1S/C17H30N2O/c1-4-10-18-17(9-12-20-11-5-2)13-16-8-7-15(6-3)14-19-16/h7-8,14,17-18H,4-6,9-13H2,1-3H3. The molecule has 0 aromatic carbocycles. The van der Waals surface area contributed by atoms with E-state index in [2.05, 4.69) is 43.2 Å². The number of aromatic nitrogens is 1. The molecule has 1 aromatic rings. The molecule has 3 nitrogen and oxygen atoms in total. The van der Waals surface area contributed by atoms with Crippen LogP contribution in [0.15, 0.2) is 18.3 Å². The van der Waals surface area contributed by atoms with E-state index >= 15 is 0 Å². The van der Waals surface area contributed by atoms with Crippen molar-refractivity contribution in [1.29, 1.82) is 0 Å². The molecule has 0 bridgehead atoms. The van der Waals surface area contributed by atoms with Crippen molar-refractivity contribution in [3.63, 3.8) is 0 Å². The molecule has 1 atom stereocenters. The van der Waals surface area contributed by atoms with E-state index in [1.54, 1.807) is 0 Å². The second-order valence-electron chi connectivity index (χ2n) is 5.27. The molecular formula is C17H30N2O. The van der Waals surface area contributed by atoms with Gasteiger partial charge in [-0.3, -0.25) is 4.98 Å². The topological polar surface area (TPSA) is 34.1 Å². The van der Waals surface area contributed by atoms with Crippen LogP contribution in [-0.4, -0.2) is 30.8 Å². The van der Waals surface area contributed by atoms with Crippen molar-refractivity contribution in [1.82, 2.24) is 10.3 Å². The maximum Gasteiger partial charge on any atom is 0.0480 e. The van der Waals surface area contributed by atoms with Gasteiger partial charge in [0.05, 0.1) is 0 Å². The summed E-state index contributed by atoms with van der Waals surface area (Å²) in [5.74, 6) is 0. The minimum atomic E-state index is 0.465. The molecule has 0 saturated heterocycles. The lowest BCUT2D eigenvalue weighted by molar-refractivity contribution is 0.124. The highest BCUT2D eigenvalue weighted by Gasteiger charge is 2.09. The van der Waals surface area contributed by atoms with Crippen LogP contribution < -0.4 is 5.32 Å². The summed E-state index contributed by atoms with van der Waals surface area (Å²) >= 11 is 0. The van der Waals surface area contributed by atoms with Gasteiger partial charge < -0.3 is 10.1 Å². The van der Waals surface area contributed by atoms with Crippen LogP contribution in [0.25, 0.3) is 0 Å². The first kappa shape index (κ1) is 17.1. The number of nitrogens with one attached hydrogen (secondary N) is 1. The van der Waals surface area contributed by atoms with Crippen LogP contribution in [0.3, 0.4) is 0 Å². The predicted molar refractivity (Wildman–Crippen MR) is 85.1 cm³/mol. The fraction of sp³-hybridized carbons (Fsp3) is 0.706. The van der Waals surface area contributed by atoms with E-state index in [1.165, 1.54) is 11.3 Å². The zero-order valence-electron chi connectivity index (χ0n) is 13.3. The van der Waals surface area contributed by atoms with Gasteiger partial charge in [-0.25, -0.2) is 0 Å². The first-order valence-corrected chi connectivity index (χ1v) is 8.05. The van der Waals surface area contributed by atoms with E-state index < -0.39 is 0 Å². The monoisotopic (exact) mass is 278 g/mol. The lowest BCUT2D eigenvalue weighted by Gasteiger charge is -2.18. The highest BCUT2D eigenvalue weighted by Crippen LogP contribution is 2.06. The van der Waals surface area contributed by atoms with Gasteiger partial charge in [0.25, 0.3) is 0 Å². The van der Waals surface area contributed by atoms with Gasteiger partial charge in [0.15, 0.2) is 0 Å². The highest BCUT2D eigenvalue weighted by atomic mass is 16.5. The molecule has 0 aliphatic rings. The Morgan fingerprint density at radius 1 is 1.15 bits per heavy atom. The first-order valence-electron chi connectivity index (χ1n) is 8.05. The smallest absolute Gasteiger partial charge is 0.0480 e. The van der Waals surface area contributed by atoms with Gasteiger partial charge in [-0.2, -0.15) is 0 Å².